The molecule has 3 aromatic rings. The zero-order chi connectivity index (χ0) is 21.5. The van der Waals surface area contributed by atoms with Crippen molar-refractivity contribution in [2.24, 2.45) is 0 Å². The quantitative estimate of drug-likeness (QED) is 0.268. The van der Waals surface area contributed by atoms with Gasteiger partial charge in [0.25, 0.3) is 5.91 Å². The number of anilines is 1. The molecule has 0 heterocycles. The molecule has 4 nitrogen and oxygen atoms in total. The van der Waals surface area contributed by atoms with Crippen LogP contribution < -0.4 is 10.1 Å². The second-order valence-electron chi connectivity index (χ2n) is 6.19. The third-order valence-corrected chi connectivity index (χ3v) is 5.47. The number of benzene rings is 3. The van der Waals surface area contributed by atoms with Gasteiger partial charge in [0.15, 0.2) is 0 Å². The van der Waals surface area contributed by atoms with Crippen LogP contribution in [-0.2, 0) is 11.4 Å². The van der Waals surface area contributed by atoms with Crippen molar-refractivity contribution in [2.75, 3.05) is 5.32 Å². The zero-order valence-corrected chi connectivity index (χ0v) is 19.5. The SMILES string of the molecule is N#C/C(=C\c1cc(Br)ccc1OCc1ccccc1Cl)C(=O)Nc1ccc(Br)cc1. The number of ether oxygens (including phenoxy) is 1. The Morgan fingerprint density at radius 3 is 2.47 bits per heavy atom. The Bertz CT molecular complexity index is 1140. The fraction of sp³-hybridized carbons (Fsp3) is 0.0435. The van der Waals surface area contributed by atoms with Gasteiger partial charge < -0.3 is 10.1 Å². The molecule has 3 aromatic carbocycles. The Morgan fingerprint density at radius 1 is 1.07 bits per heavy atom. The van der Waals surface area contributed by atoms with E-state index in [2.05, 4.69) is 37.2 Å². The molecule has 1 N–H and O–H groups in total. The van der Waals surface area contributed by atoms with Crippen LogP contribution in [0.25, 0.3) is 6.08 Å². The molecule has 150 valence electrons. The average Bonchev–Trinajstić information content (AvgIpc) is 2.74. The van der Waals surface area contributed by atoms with E-state index in [1.165, 1.54) is 6.08 Å². The summed E-state index contributed by atoms with van der Waals surface area (Å²) in [7, 11) is 0. The molecule has 3 rings (SSSR count). The molecular formula is C23H15Br2ClN2O2. The van der Waals surface area contributed by atoms with E-state index in [-0.39, 0.29) is 12.2 Å². The first-order chi connectivity index (χ1) is 14.5. The summed E-state index contributed by atoms with van der Waals surface area (Å²) >= 11 is 13.0. The van der Waals surface area contributed by atoms with Crippen molar-refractivity contribution < 1.29 is 9.53 Å². The predicted octanol–water partition coefficient (Wildman–Crippen LogP) is 6.99. The number of hydrogen-bond donors (Lipinski definition) is 1. The fourth-order valence-electron chi connectivity index (χ4n) is 2.57. The van der Waals surface area contributed by atoms with E-state index in [1.807, 2.05) is 30.3 Å². The van der Waals surface area contributed by atoms with Crippen LogP contribution in [0.2, 0.25) is 5.02 Å². The first-order valence-corrected chi connectivity index (χ1v) is 10.8. The van der Waals surface area contributed by atoms with Gasteiger partial charge in [-0.15, -0.1) is 0 Å². The van der Waals surface area contributed by atoms with E-state index >= 15 is 0 Å². The Morgan fingerprint density at radius 2 is 1.77 bits per heavy atom. The maximum Gasteiger partial charge on any atom is 0.266 e. The van der Waals surface area contributed by atoms with Gasteiger partial charge in [0.05, 0.1) is 0 Å². The number of nitrogens with one attached hydrogen (secondary N) is 1. The lowest BCUT2D eigenvalue weighted by atomic mass is 10.1. The van der Waals surface area contributed by atoms with Gasteiger partial charge in [-0.3, -0.25) is 4.79 Å². The highest BCUT2D eigenvalue weighted by Crippen LogP contribution is 2.27. The minimum atomic E-state index is -0.503. The molecule has 1 amide bonds. The van der Waals surface area contributed by atoms with Crippen molar-refractivity contribution in [1.29, 1.82) is 5.26 Å². The van der Waals surface area contributed by atoms with Crippen LogP contribution in [-0.4, -0.2) is 5.91 Å². The predicted molar refractivity (Wildman–Crippen MR) is 126 cm³/mol. The lowest BCUT2D eigenvalue weighted by molar-refractivity contribution is -0.112. The summed E-state index contributed by atoms with van der Waals surface area (Å²) in [6, 6.07) is 21.8. The highest BCUT2D eigenvalue weighted by molar-refractivity contribution is 9.10. The molecule has 7 heteroatoms. The second kappa shape index (κ2) is 10.4. The van der Waals surface area contributed by atoms with Crippen molar-refractivity contribution in [3.63, 3.8) is 0 Å². The number of hydrogen-bond acceptors (Lipinski definition) is 3. The number of carbonyl (C=O) groups is 1. The fourth-order valence-corrected chi connectivity index (χ4v) is 3.40. The monoisotopic (exact) mass is 544 g/mol. The van der Waals surface area contributed by atoms with Crippen LogP contribution in [0.5, 0.6) is 5.75 Å². The van der Waals surface area contributed by atoms with Crippen LogP contribution >= 0.6 is 43.5 Å². The molecule has 0 aliphatic heterocycles. The molecule has 0 fully saturated rings. The Labute approximate surface area is 196 Å². The number of halogens is 3. The summed E-state index contributed by atoms with van der Waals surface area (Å²) in [6.07, 6.45) is 1.50. The average molecular weight is 547 g/mol. The van der Waals surface area contributed by atoms with E-state index in [9.17, 15) is 10.1 Å². The third kappa shape index (κ3) is 5.96. The molecule has 0 aliphatic carbocycles. The highest BCUT2D eigenvalue weighted by atomic mass is 79.9. The lowest BCUT2D eigenvalue weighted by Gasteiger charge is -2.11. The van der Waals surface area contributed by atoms with Crippen molar-refractivity contribution in [2.45, 2.75) is 6.61 Å². The van der Waals surface area contributed by atoms with Gasteiger partial charge in [0, 0.05) is 30.8 Å². The molecule has 0 atom stereocenters. The number of rotatable bonds is 6. The first-order valence-electron chi connectivity index (χ1n) is 8.81. The van der Waals surface area contributed by atoms with Gasteiger partial charge in [-0.25, -0.2) is 0 Å². The highest BCUT2D eigenvalue weighted by Gasteiger charge is 2.12. The van der Waals surface area contributed by atoms with Gasteiger partial charge in [0.2, 0.25) is 0 Å². The summed E-state index contributed by atoms with van der Waals surface area (Å²) in [6.45, 7) is 0.259. The smallest absolute Gasteiger partial charge is 0.266 e. The summed E-state index contributed by atoms with van der Waals surface area (Å²) in [5.41, 5.74) is 1.98. The van der Waals surface area contributed by atoms with Crippen molar-refractivity contribution >= 4 is 61.1 Å². The van der Waals surface area contributed by atoms with Gasteiger partial charge >= 0.3 is 0 Å². The van der Waals surface area contributed by atoms with Crippen LogP contribution in [0.1, 0.15) is 11.1 Å². The normalized spacial score (nSPS) is 10.9. The Kier molecular flexibility index (Phi) is 7.69. The van der Waals surface area contributed by atoms with Crippen LogP contribution in [0.15, 0.2) is 81.2 Å². The van der Waals surface area contributed by atoms with Gasteiger partial charge in [0.1, 0.15) is 24.0 Å². The number of nitriles is 1. The molecule has 0 aromatic heterocycles. The van der Waals surface area contributed by atoms with Gasteiger partial charge in [-0.05, 0) is 54.6 Å². The molecule has 0 spiro atoms. The molecule has 0 aliphatic rings. The molecule has 0 radical (unpaired) electrons. The molecule has 0 saturated carbocycles. The van der Waals surface area contributed by atoms with E-state index in [1.54, 1.807) is 42.5 Å². The molecule has 30 heavy (non-hydrogen) atoms. The summed E-state index contributed by atoms with van der Waals surface area (Å²) in [5, 5.41) is 12.9. The van der Waals surface area contributed by atoms with Crippen molar-refractivity contribution in [3.8, 4) is 11.8 Å². The molecule has 0 saturated heterocycles. The van der Waals surface area contributed by atoms with Crippen molar-refractivity contribution in [3.05, 3.63) is 97.4 Å². The molecule has 0 unspecified atom stereocenters. The van der Waals surface area contributed by atoms with Crippen LogP contribution in [0, 0.1) is 11.3 Å². The van der Waals surface area contributed by atoms with Gasteiger partial charge in [-0.1, -0.05) is 61.7 Å². The minimum absolute atomic E-state index is 0.0430. The lowest BCUT2D eigenvalue weighted by Crippen LogP contribution is -2.13. The number of amides is 1. The molecule has 0 bridgehead atoms. The summed E-state index contributed by atoms with van der Waals surface area (Å²) in [4.78, 5) is 12.6. The maximum absolute atomic E-state index is 12.6. The maximum atomic E-state index is 12.6. The number of carbonyl (C=O) groups excluding carboxylic acids is 1. The first kappa shape index (κ1) is 22.1. The summed E-state index contributed by atoms with van der Waals surface area (Å²) < 4.78 is 7.61. The number of nitrogens with zero attached hydrogens (tertiary/aromatic N) is 1. The van der Waals surface area contributed by atoms with E-state index in [4.69, 9.17) is 16.3 Å². The zero-order valence-electron chi connectivity index (χ0n) is 15.5. The third-order valence-electron chi connectivity index (χ3n) is 4.08. The van der Waals surface area contributed by atoms with E-state index in [0.717, 1.165) is 14.5 Å². The Hall–Kier alpha value is -2.59. The van der Waals surface area contributed by atoms with Crippen molar-refractivity contribution in [1.82, 2.24) is 0 Å². The second-order valence-corrected chi connectivity index (χ2v) is 8.43. The van der Waals surface area contributed by atoms with Gasteiger partial charge in [-0.2, -0.15) is 5.26 Å². The standard InChI is InChI=1S/C23H15Br2ClN2O2/c24-18-5-8-20(9-6-18)28-23(29)17(13-27)11-16-12-19(25)7-10-22(16)30-14-15-3-1-2-4-21(15)26/h1-12H,14H2,(H,28,29)/b17-11+. The summed E-state index contributed by atoms with van der Waals surface area (Å²) in [5.74, 6) is 0.0270. The van der Waals surface area contributed by atoms with E-state index < -0.39 is 5.91 Å². The minimum Gasteiger partial charge on any atom is -0.488 e. The Balaban J connectivity index is 1.83. The van der Waals surface area contributed by atoms with E-state index in [0.29, 0.717) is 22.0 Å². The largest absolute Gasteiger partial charge is 0.488 e. The topological polar surface area (TPSA) is 62.1 Å². The van der Waals surface area contributed by atoms with Crippen LogP contribution in [0.4, 0.5) is 5.69 Å². The molecular weight excluding hydrogens is 532 g/mol. The van der Waals surface area contributed by atoms with Crippen LogP contribution in [0.3, 0.4) is 0 Å².